The minimum Gasteiger partial charge on any atom is -0.465 e. The fourth-order valence-electron chi connectivity index (χ4n) is 4.21. The zero-order chi connectivity index (χ0) is 26.3. The summed E-state index contributed by atoms with van der Waals surface area (Å²) < 4.78 is 7.63. The lowest BCUT2D eigenvalue weighted by atomic mass is 10.1. The number of carbonyl (C=O) groups is 4. The van der Waals surface area contributed by atoms with Crippen LogP contribution in [0.15, 0.2) is 52.5 Å². The van der Waals surface area contributed by atoms with Gasteiger partial charge in [0.1, 0.15) is 5.57 Å². The van der Waals surface area contributed by atoms with Crippen LogP contribution < -0.4 is 10.2 Å². The first kappa shape index (κ1) is 25.1. The van der Waals surface area contributed by atoms with Crippen LogP contribution in [0.1, 0.15) is 38.4 Å². The van der Waals surface area contributed by atoms with Gasteiger partial charge in [0.2, 0.25) is 0 Å². The Labute approximate surface area is 216 Å². The van der Waals surface area contributed by atoms with Crippen LogP contribution in [0.4, 0.5) is 10.5 Å². The van der Waals surface area contributed by atoms with E-state index in [1.165, 1.54) is 13.2 Å². The molecule has 184 valence electrons. The number of amides is 4. The van der Waals surface area contributed by atoms with Crippen LogP contribution in [0, 0.1) is 27.7 Å². The molecular formula is C27H24BrN3O5. The van der Waals surface area contributed by atoms with Crippen LogP contribution in [0.25, 0.3) is 11.8 Å². The molecule has 1 N–H and O–H groups in total. The van der Waals surface area contributed by atoms with Gasteiger partial charge in [-0.05, 0) is 86.9 Å². The third-order valence-corrected chi connectivity index (χ3v) is 7.03. The molecule has 1 aromatic heterocycles. The van der Waals surface area contributed by atoms with Gasteiger partial charge in [0.05, 0.1) is 18.4 Å². The highest BCUT2D eigenvalue weighted by Crippen LogP contribution is 2.29. The van der Waals surface area contributed by atoms with Crippen molar-refractivity contribution in [2.24, 2.45) is 0 Å². The maximum Gasteiger partial charge on any atom is 0.337 e. The number of nitrogens with zero attached hydrogens (tertiary/aromatic N) is 2. The Hall–Kier alpha value is -3.98. The zero-order valence-electron chi connectivity index (χ0n) is 20.4. The Balaban J connectivity index is 1.79. The number of halogens is 1. The van der Waals surface area contributed by atoms with Gasteiger partial charge in [-0.2, -0.15) is 0 Å². The Morgan fingerprint density at radius 1 is 0.972 bits per heavy atom. The normalized spacial score (nSPS) is 14.9. The van der Waals surface area contributed by atoms with Gasteiger partial charge >= 0.3 is 12.0 Å². The molecule has 36 heavy (non-hydrogen) atoms. The van der Waals surface area contributed by atoms with Crippen LogP contribution in [-0.2, 0) is 14.3 Å². The van der Waals surface area contributed by atoms with Crippen molar-refractivity contribution < 1.29 is 23.9 Å². The lowest BCUT2D eigenvalue weighted by molar-refractivity contribution is -0.122. The number of barbiturate groups is 1. The summed E-state index contributed by atoms with van der Waals surface area (Å²) in [6.07, 6.45) is 1.49. The van der Waals surface area contributed by atoms with Crippen molar-refractivity contribution >= 4 is 51.5 Å². The number of aryl methyl sites for hydroxylation is 3. The van der Waals surface area contributed by atoms with Crippen molar-refractivity contribution in [3.8, 4) is 5.69 Å². The van der Waals surface area contributed by atoms with Gasteiger partial charge in [0, 0.05) is 21.5 Å². The molecule has 1 saturated heterocycles. The number of hydrogen-bond donors (Lipinski definition) is 1. The van der Waals surface area contributed by atoms with E-state index < -0.39 is 23.8 Å². The predicted octanol–water partition coefficient (Wildman–Crippen LogP) is 4.93. The molecule has 3 aromatic rings. The highest BCUT2D eigenvalue weighted by molar-refractivity contribution is 9.10. The van der Waals surface area contributed by atoms with Gasteiger partial charge in [-0.3, -0.25) is 14.9 Å². The molecule has 0 bridgehead atoms. The van der Waals surface area contributed by atoms with E-state index in [0.29, 0.717) is 16.8 Å². The fourth-order valence-corrected chi connectivity index (χ4v) is 4.46. The second-order valence-electron chi connectivity index (χ2n) is 8.55. The number of carbonyl (C=O) groups excluding carboxylic acids is 4. The lowest BCUT2D eigenvalue weighted by Gasteiger charge is -2.26. The summed E-state index contributed by atoms with van der Waals surface area (Å²) in [5, 5.41) is 2.26. The summed E-state index contributed by atoms with van der Waals surface area (Å²) in [4.78, 5) is 51.6. The molecule has 1 aliphatic rings. The Morgan fingerprint density at radius 3 is 2.36 bits per heavy atom. The monoisotopic (exact) mass is 549 g/mol. The number of rotatable bonds is 4. The first-order chi connectivity index (χ1) is 17.0. The Kier molecular flexibility index (Phi) is 6.69. The molecule has 8 nitrogen and oxygen atoms in total. The second kappa shape index (κ2) is 9.58. The summed E-state index contributed by atoms with van der Waals surface area (Å²) in [5.41, 5.74) is 5.38. The third-order valence-electron chi connectivity index (χ3n) is 6.14. The van der Waals surface area contributed by atoms with Crippen molar-refractivity contribution in [2.45, 2.75) is 27.7 Å². The number of imide groups is 2. The molecule has 4 rings (SSSR count). The van der Waals surface area contributed by atoms with Crippen molar-refractivity contribution in [1.29, 1.82) is 0 Å². The first-order valence-corrected chi connectivity index (χ1v) is 11.9. The zero-order valence-corrected chi connectivity index (χ0v) is 22.0. The number of nitrogens with one attached hydrogen (secondary N) is 1. The number of benzene rings is 2. The van der Waals surface area contributed by atoms with E-state index in [0.717, 1.165) is 37.6 Å². The van der Waals surface area contributed by atoms with E-state index in [-0.39, 0.29) is 5.57 Å². The highest BCUT2D eigenvalue weighted by Gasteiger charge is 2.37. The number of urea groups is 1. The molecule has 4 amide bonds. The topological polar surface area (TPSA) is 97.7 Å². The molecule has 2 heterocycles. The summed E-state index contributed by atoms with van der Waals surface area (Å²) >= 11 is 3.41. The number of methoxy groups -OCH3 is 1. The lowest BCUT2D eigenvalue weighted by Crippen LogP contribution is -2.54. The molecule has 0 aliphatic carbocycles. The summed E-state index contributed by atoms with van der Waals surface area (Å²) in [5.74, 6) is -1.92. The van der Waals surface area contributed by atoms with E-state index >= 15 is 0 Å². The largest absolute Gasteiger partial charge is 0.465 e. The Morgan fingerprint density at radius 2 is 1.69 bits per heavy atom. The van der Waals surface area contributed by atoms with Crippen LogP contribution in [-0.4, -0.2) is 35.5 Å². The number of esters is 1. The first-order valence-electron chi connectivity index (χ1n) is 11.1. The fraction of sp³-hybridized carbons (Fsp3) is 0.185. The second-order valence-corrected chi connectivity index (χ2v) is 9.40. The molecule has 9 heteroatoms. The number of ether oxygens (including phenoxy) is 1. The van der Waals surface area contributed by atoms with Gasteiger partial charge < -0.3 is 9.30 Å². The average Bonchev–Trinajstić information content (AvgIpc) is 3.11. The smallest absolute Gasteiger partial charge is 0.337 e. The Bertz CT molecular complexity index is 1480. The van der Waals surface area contributed by atoms with Crippen molar-refractivity contribution in [2.75, 3.05) is 12.0 Å². The van der Waals surface area contributed by atoms with Crippen LogP contribution in [0.2, 0.25) is 0 Å². The summed E-state index contributed by atoms with van der Waals surface area (Å²) in [7, 11) is 1.33. The molecule has 1 fully saturated rings. The van der Waals surface area contributed by atoms with Gasteiger partial charge in [-0.1, -0.05) is 22.0 Å². The van der Waals surface area contributed by atoms with E-state index in [9.17, 15) is 19.2 Å². The molecular weight excluding hydrogens is 526 g/mol. The van der Waals surface area contributed by atoms with Gasteiger partial charge in [0.15, 0.2) is 0 Å². The van der Waals surface area contributed by atoms with E-state index in [1.54, 1.807) is 30.3 Å². The predicted molar refractivity (Wildman–Crippen MR) is 139 cm³/mol. The van der Waals surface area contributed by atoms with Gasteiger partial charge in [0.25, 0.3) is 11.8 Å². The number of anilines is 1. The molecule has 2 aromatic carbocycles. The van der Waals surface area contributed by atoms with Crippen molar-refractivity contribution in [1.82, 2.24) is 9.88 Å². The van der Waals surface area contributed by atoms with Crippen LogP contribution >= 0.6 is 15.9 Å². The van der Waals surface area contributed by atoms with Crippen LogP contribution in [0.5, 0.6) is 0 Å². The third kappa shape index (κ3) is 4.37. The number of aromatic nitrogens is 1. The van der Waals surface area contributed by atoms with E-state index in [4.69, 9.17) is 4.74 Å². The molecule has 0 spiro atoms. The standard InChI is InChI=1S/C27H24BrN3O5/c1-14-6-7-18(26(34)36-5)13-23(14)30-16(3)11-19(17(30)4)12-21-24(32)29-27(35)31(25(21)33)20-8-9-22(28)15(2)10-20/h6-13H,1-5H3,(H,29,32,35)/b21-12+. The molecule has 0 saturated carbocycles. The minimum atomic E-state index is -0.801. The molecule has 0 atom stereocenters. The van der Waals surface area contributed by atoms with E-state index in [2.05, 4.69) is 21.2 Å². The van der Waals surface area contributed by atoms with Crippen molar-refractivity contribution in [3.05, 3.63) is 86.2 Å². The maximum absolute atomic E-state index is 13.3. The number of hydrogen-bond acceptors (Lipinski definition) is 5. The minimum absolute atomic E-state index is 0.157. The molecule has 0 unspecified atom stereocenters. The maximum atomic E-state index is 13.3. The van der Waals surface area contributed by atoms with Gasteiger partial charge in [-0.15, -0.1) is 0 Å². The van der Waals surface area contributed by atoms with Gasteiger partial charge in [-0.25, -0.2) is 14.5 Å². The SMILES string of the molecule is COC(=O)c1ccc(C)c(-n2c(C)cc(/C=C3\C(=O)NC(=O)N(c4ccc(Br)c(C)c4)C3=O)c2C)c1. The summed E-state index contributed by atoms with van der Waals surface area (Å²) in [6, 6.07) is 11.4. The average molecular weight is 550 g/mol. The van der Waals surface area contributed by atoms with Crippen molar-refractivity contribution in [3.63, 3.8) is 0 Å². The summed E-state index contributed by atoms with van der Waals surface area (Å²) in [6.45, 7) is 7.52. The quantitative estimate of drug-likeness (QED) is 0.283. The molecule has 0 radical (unpaired) electrons. The highest BCUT2D eigenvalue weighted by atomic mass is 79.9. The van der Waals surface area contributed by atoms with Crippen LogP contribution in [0.3, 0.4) is 0 Å². The van der Waals surface area contributed by atoms with E-state index in [1.807, 2.05) is 44.4 Å². The molecule has 1 aliphatic heterocycles.